The highest BCUT2D eigenvalue weighted by Crippen LogP contribution is 2.41. The third-order valence-electron chi connectivity index (χ3n) is 9.80. The number of fused-ring (bicyclic) bond motifs is 1. The number of para-hydroxylation sites is 2. The van der Waals surface area contributed by atoms with Crippen molar-refractivity contribution in [3.05, 3.63) is 77.9 Å². The van der Waals surface area contributed by atoms with E-state index in [1.807, 2.05) is 11.8 Å². The smallest absolute Gasteiger partial charge is 0.254 e. The minimum atomic E-state index is -0.123. The van der Waals surface area contributed by atoms with E-state index in [0.717, 1.165) is 69.1 Å². The van der Waals surface area contributed by atoms with Crippen molar-refractivity contribution in [3.63, 3.8) is 0 Å². The molecule has 4 aromatic rings. The second kappa shape index (κ2) is 17.3. The molecule has 2 fully saturated rings. The highest BCUT2D eigenvalue weighted by molar-refractivity contribution is 5.96. The lowest BCUT2D eigenvalue weighted by atomic mass is 9.76. The van der Waals surface area contributed by atoms with Crippen LogP contribution in [0.5, 0.6) is 17.2 Å². The number of ether oxygens (including phenoxy) is 4. The lowest BCUT2D eigenvalue weighted by Crippen LogP contribution is -2.48. The lowest BCUT2D eigenvalue weighted by molar-refractivity contribution is 0.0779. The number of benzene rings is 3. The molecule has 2 saturated heterocycles. The number of aromatic nitrogens is 2. The van der Waals surface area contributed by atoms with Crippen molar-refractivity contribution in [2.75, 3.05) is 85.3 Å². The molecule has 2 aliphatic rings. The first-order chi connectivity index (χ1) is 23.0. The van der Waals surface area contributed by atoms with Gasteiger partial charge in [0.2, 0.25) is 11.7 Å². The highest BCUT2D eigenvalue weighted by Gasteiger charge is 2.42. The molecule has 0 radical (unpaired) electrons. The summed E-state index contributed by atoms with van der Waals surface area (Å²) in [6.07, 6.45) is 1.89. The Labute approximate surface area is 302 Å². The van der Waals surface area contributed by atoms with Gasteiger partial charge in [-0.15, -0.1) is 24.8 Å². The monoisotopic (exact) mass is 713 g/mol. The zero-order valence-electron chi connectivity index (χ0n) is 28.9. The average Bonchev–Trinajstić information content (AvgIpc) is 3.73. The Hall–Kier alpha value is -3.70. The van der Waals surface area contributed by atoms with Gasteiger partial charge in [0.15, 0.2) is 11.5 Å². The number of piperazine rings is 1. The molecule has 10 nitrogen and oxygen atoms in total. The molecular weight excluding hydrogens is 665 g/mol. The number of hydrogen-bond donors (Lipinski definition) is 0. The second-order valence-electron chi connectivity index (χ2n) is 12.4. The summed E-state index contributed by atoms with van der Waals surface area (Å²) in [4.78, 5) is 25.9. The topological polar surface area (TPSA) is 81.5 Å². The van der Waals surface area contributed by atoms with Crippen molar-refractivity contribution in [2.24, 2.45) is 0 Å². The Balaban J connectivity index is 0.00000270. The fourth-order valence-electron chi connectivity index (χ4n) is 7.18. The standard InChI is InChI=1S/C37H47N5O5.2ClH/c1-5-47-24-23-42-31-14-10-9-13-30(31)38-36(42)40-21-19-39(20-22-40)17-15-37(29-11-7-6-8-12-29)16-18-41(27-37)35(43)28-25-32(44-2)34(46-4)33(26-28)45-3;;/h6-14,25-26H,5,15-24,27H2,1-4H3;2*1H/t37-;;/m0../s1. The molecule has 0 spiro atoms. The third-order valence-corrected chi connectivity index (χ3v) is 9.80. The molecule has 2 aliphatic heterocycles. The van der Waals surface area contributed by atoms with E-state index in [4.69, 9.17) is 23.9 Å². The summed E-state index contributed by atoms with van der Waals surface area (Å²) >= 11 is 0. The average molecular weight is 715 g/mol. The maximum absolute atomic E-state index is 13.9. The van der Waals surface area contributed by atoms with Crippen LogP contribution in [0.15, 0.2) is 66.7 Å². The number of carbonyl (C=O) groups excluding carboxylic acids is 1. The predicted molar refractivity (Wildman–Crippen MR) is 199 cm³/mol. The first-order valence-electron chi connectivity index (χ1n) is 16.7. The zero-order chi connectivity index (χ0) is 32.8. The molecule has 266 valence electrons. The number of carbonyl (C=O) groups is 1. The number of rotatable bonds is 13. The van der Waals surface area contributed by atoms with Crippen LogP contribution in [0.4, 0.5) is 5.95 Å². The van der Waals surface area contributed by atoms with Crippen LogP contribution in [-0.4, -0.2) is 106 Å². The Morgan fingerprint density at radius 3 is 2.16 bits per heavy atom. The SMILES string of the molecule is CCOCCn1c(N2CCN(CC[C@]3(c4ccccc4)CCN(C(=O)c4cc(OC)c(OC)c(OC)c4)C3)CC2)nc2ccccc21.Cl.Cl. The number of likely N-dealkylation sites (tertiary alicyclic amines) is 1. The van der Waals surface area contributed by atoms with Crippen LogP contribution in [0.1, 0.15) is 35.7 Å². The number of nitrogens with zero attached hydrogens (tertiary/aromatic N) is 5. The van der Waals surface area contributed by atoms with Crippen molar-refractivity contribution < 1.29 is 23.7 Å². The van der Waals surface area contributed by atoms with Gasteiger partial charge >= 0.3 is 0 Å². The Bertz CT molecular complexity index is 1640. The van der Waals surface area contributed by atoms with E-state index >= 15 is 0 Å². The van der Waals surface area contributed by atoms with Crippen molar-refractivity contribution in [3.8, 4) is 17.2 Å². The predicted octanol–water partition coefficient (Wildman–Crippen LogP) is 5.94. The number of amides is 1. The molecule has 0 bridgehead atoms. The quantitative estimate of drug-likeness (QED) is 0.158. The van der Waals surface area contributed by atoms with Gasteiger partial charge in [-0.05, 0) is 56.1 Å². The summed E-state index contributed by atoms with van der Waals surface area (Å²) in [5.74, 6) is 2.45. The van der Waals surface area contributed by atoms with Gasteiger partial charge in [-0.1, -0.05) is 42.5 Å². The molecule has 49 heavy (non-hydrogen) atoms. The van der Waals surface area contributed by atoms with Crippen LogP contribution in [0.25, 0.3) is 11.0 Å². The number of anilines is 1. The summed E-state index contributed by atoms with van der Waals surface area (Å²) in [6.45, 7) is 10.3. The van der Waals surface area contributed by atoms with Gasteiger partial charge in [0.05, 0.1) is 39.0 Å². The molecule has 1 aromatic heterocycles. The molecule has 0 N–H and O–H groups in total. The Kier molecular flexibility index (Phi) is 13.5. The van der Waals surface area contributed by atoms with E-state index < -0.39 is 0 Å². The van der Waals surface area contributed by atoms with Crippen molar-refractivity contribution in [1.29, 1.82) is 0 Å². The van der Waals surface area contributed by atoms with E-state index in [-0.39, 0.29) is 36.1 Å². The maximum Gasteiger partial charge on any atom is 0.254 e. The van der Waals surface area contributed by atoms with Gasteiger partial charge in [0, 0.05) is 63.4 Å². The number of methoxy groups -OCH3 is 3. The normalized spacial score (nSPS) is 17.8. The minimum Gasteiger partial charge on any atom is -0.493 e. The van der Waals surface area contributed by atoms with Gasteiger partial charge in [0.25, 0.3) is 5.91 Å². The summed E-state index contributed by atoms with van der Waals surface area (Å²) in [5, 5.41) is 0. The van der Waals surface area contributed by atoms with E-state index in [1.54, 1.807) is 33.5 Å². The highest BCUT2D eigenvalue weighted by atomic mass is 35.5. The van der Waals surface area contributed by atoms with Gasteiger partial charge in [-0.2, -0.15) is 0 Å². The second-order valence-corrected chi connectivity index (χ2v) is 12.4. The molecular formula is C37H49Cl2N5O5. The summed E-state index contributed by atoms with van der Waals surface area (Å²) < 4.78 is 24.6. The van der Waals surface area contributed by atoms with Gasteiger partial charge < -0.3 is 33.3 Å². The van der Waals surface area contributed by atoms with Gasteiger partial charge in [-0.3, -0.25) is 9.69 Å². The molecule has 3 heterocycles. The fourth-order valence-corrected chi connectivity index (χ4v) is 7.18. The molecule has 1 atom stereocenters. The lowest BCUT2D eigenvalue weighted by Gasteiger charge is -2.38. The molecule has 1 amide bonds. The zero-order valence-corrected chi connectivity index (χ0v) is 30.6. The van der Waals surface area contributed by atoms with E-state index in [1.165, 1.54) is 5.56 Å². The largest absolute Gasteiger partial charge is 0.493 e. The van der Waals surface area contributed by atoms with Gasteiger partial charge in [-0.25, -0.2) is 4.98 Å². The Morgan fingerprint density at radius 2 is 1.51 bits per heavy atom. The fraction of sp³-hybridized carbons (Fsp3) is 0.459. The first kappa shape index (κ1) is 38.1. The summed E-state index contributed by atoms with van der Waals surface area (Å²) in [6, 6.07) is 22.6. The van der Waals surface area contributed by atoms with E-state index in [0.29, 0.717) is 49.1 Å². The van der Waals surface area contributed by atoms with Crippen molar-refractivity contribution in [1.82, 2.24) is 19.4 Å². The summed E-state index contributed by atoms with van der Waals surface area (Å²) in [7, 11) is 4.71. The molecule has 3 aromatic carbocycles. The third kappa shape index (κ3) is 8.04. The van der Waals surface area contributed by atoms with Gasteiger partial charge in [0.1, 0.15) is 0 Å². The minimum absolute atomic E-state index is 0. The van der Waals surface area contributed by atoms with E-state index in [9.17, 15) is 4.79 Å². The number of halogens is 2. The van der Waals surface area contributed by atoms with Crippen LogP contribution < -0.4 is 19.1 Å². The van der Waals surface area contributed by atoms with Crippen LogP contribution in [0.3, 0.4) is 0 Å². The molecule has 6 rings (SSSR count). The Morgan fingerprint density at radius 1 is 0.837 bits per heavy atom. The molecule has 0 saturated carbocycles. The number of hydrogen-bond acceptors (Lipinski definition) is 8. The van der Waals surface area contributed by atoms with Crippen LogP contribution in [-0.2, 0) is 16.7 Å². The van der Waals surface area contributed by atoms with Crippen LogP contribution >= 0.6 is 24.8 Å². The first-order valence-corrected chi connectivity index (χ1v) is 16.7. The molecule has 12 heteroatoms. The van der Waals surface area contributed by atoms with Crippen molar-refractivity contribution in [2.45, 2.75) is 31.7 Å². The number of imidazole rings is 1. The van der Waals surface area contributed by atoms with Crippen molar-refractivity contribution >= 4 is 47.7 Å². The maximum atomic E-state index is 13.9. The van der Waals surface area contributed by atoms with E-state index in [2.05, 4.69) is 69.0 Å². The molecule has 0 unspecified atom stereocenters. The van der Waals surface area contributed by atoms with Crippen LogP contribution in [0, 0.1) is 0 Å². The van der Waals surface area contributed by atoms with Crippen LogP contribution in [0.2, 0.25) is 0 Å². The summed E-state index contributed by atoms with van der Waals surface area (Å²) in [5.41, 5.74) is 3.88. The molecule has 0 aliphatic carbocycles.